The van der Waals surface area contributed by atoms with E-state index in [0.717, 1.165) is 9.28 Å². The number of hydrogen-bond acceptors (Lipinski definition) is 2. The number of rotatable bonds is 1. The summed E-state index contributed by atoms with van der Waals surface area (Å²) in [5.74, 6) is 1.03. The van der Waals surface area contributed by atoms with Crippen LogP contribution in [0.15, 0.2) is 0 Å². The number of thioether (sulfide) groups is 1. The molecule has 0 heterocycles. The van der Waals surface area contributed by atoms with Crippen LogP contribution in [0.4, 0.5) is 0 Å². The molecule has 0 rings (SSSR count). The van der Waals surface area contributed by atoms with Gasteiger partial charge in [-0.15, -0.1) is 24.4 Å². The van der Waals surface area contributed by atoms with E-state index in [1.807, 2.05) is 6.92 Å². The number of thiocarbonyl (C=S) groups is 1. The summed E-state index contributed by atoms with van der Waals surface area (Å²) in [6.45, 7) is 2.05. The van der Waals surface area contributed by atoms with Crippen LogP contribution in [0.5, 0.6) is 0 Å². The fourth-order valence-corrected chi connectivity index (χ4v) is 1.11. The fourth-order valence-electron chi connectivity index (χ4n) is 0.123. The molecule has 0 nitrogen and oxygen atoms in total. The van der Waals surface area contributed by atoms with Gasteiger partial charge in [0.15, 0.2) is 0 Å². The van der Waals surface area contributed by atoms with Gasteiger partial charge in [0.2, 0.25) is 0 Å². The Labute approximate surface area is 104 Å². The molecule has 0 atom stereocenters. The molecule has 0 aromatic carbocycles. The first-order valence-corrected chi connectivity index (χ1v) is 3.47. The molecule has 0 unspecified atom stereocenters. The minimum absolute atomic E-state index is 0. The van der Waals surface area contributed by atoms with Crippen LogP contribution in [0, 0.1) is 0 Å². The number of thiol groups is 1. The minimum Gasteiger partial charge on any atom is -1.00 e. The van der Waals surface area contributed by atoms with Crippen molar-refractivity contribution in [2.75, 3.05) is 5.75 Å². The molecule has 0 aliphatic rings. The maximum atomic E-state index is 4.62. The van der Waals surface area contributed by atoms with E-state index in [0.29, 0.717) is 0 Å². The minimum atomic E-state index is 0. The topological polar surface area (TPSA) is 0 Å². The van der Waals surface area contributed by atoms with Gasteiger partial charge < -0.3 is 1.43 Å². The first-order chi connectivity index (χ1) is 2.77. The zero-order chi connectivity index (χ0) is 4.99. The van der Waals surface area contributed by atoms with Gasteiger partial charge in [-0.05, 0) is 5.75 Å². The zero-order valence-electron chi connectivity index (χ0n) is 5.47. The molecular weight excluding hydrogens is 171 g/mol. The third-order valence-electron chi connectivity index (χ3n) is 0.268. The Morgan fingerprint density at radius 2 is 2.43 bits per heavy atom. The van der Waals surface area contributed by atoms with E-state index in [4.69, 9.17) is 0 Å². The van der Waals surface area contributed by atoms with E-state index in [9.17, 15) is 0 Å². The second kappa shape index (κ2) is 8.43. The Hall–Kier alpha value is 2.43. The molecule has 0 amide bonds. The Morgan fingerprint density at radius 1 is 2.00 bits per heavy atom. The van der Waals surface area contributed by atoms with Crippen LogP contribution in [-0.4, -0.2) is 9.28 Å². The molecule has 0 fully saturated rings. The molecule has 0 N–H and O–H groups in total. The summed E-state index contributed by atoms with van der Waals surface area (Å²) in [5.41, 5.74) is 0. The van der Waals surface area contributed by atoms with E-state index < -0.39 is 0 Å². The van der Waals surface area contributed by atoms with Crippen LogP contribution in [0.2, 0.25) is 0 Å². The average Bonchev–Trinajstić information content (AvgIpc) is 1.35. The van der Waals surface area contributed by atoms with Crippen molar-refractivity contribution in [2.24, 2.45) is 0 Å². The van der Waals surface area contributed by atoms with E-state index in [2.05, 4.69) is 24.8 Å². The van der Waals surface area contributed by atoms with Crippen LogP contribution in [0.1, 0.15) is 8.35 Å². The van der Waals surface area contributed by atoms with Crippen LogP contribution in [0.3, 0.4) is 0 Å². The molecule has 0 saturated carbocycles. The Kier molecular flexibility index (Phi) is 14.6. The molecule has 0 aliphatic carbocycles. The van der Waals surface area contributed by atoms with Crippen molar-refractivity contribution in [1.29, 1.82) is 0 Å². The largest absolute Gasteiger partial charge is 1.00 e. The predicted octanol–water partition coefficient (Wildman–Crippen LogP) is -0.929. The van der Waals surface area contributed by atoms with Crippen molar-refractivity contribution in [3.8, 4) is 0 Å². The van der Waals surface area contributed by atoms with Gasteiger partial charge in [0.25, 0.3) is 0 Å². The van der Waals surface area contributed by atoms with Gasteiger partial charge in [-0.3, -0.25) is 0 Å². The molecule has 7 heavy (non-hydrogen) atoms. The van der Waals surface area contributed by atoms with Gasteiger partial charge in [-0.25, -0.2) is 0 Å². The molecule has 0 saturated heterocycles. The second-order valence-electron chi connectivity index (χ2n) is 0.699. The first kappa shape index (κ1) is 12.1. The molecule has 0 aromatic heterocycles. The smallest absolute Gasteiger partial charge is 1.00 e. The Morgan fingerprint density at radius 3 is 2.43 bits per heavy atom. The van der Waals surface area contributed by atoms with Crippen molar-refractivity contribution < 1.29 is 52.8 Å². The van der Waals surface area contributed by atoms with E-state index in [-0.39, 0.29) is 52.8 Å². The molecule has 0 radical (unpaired) electrons. The molecule has 0 spiro atoms. The SMILES string of the molecule is CCSC(=S)S.[H-].[K+]. The molecule has 0 bridgehead atoms. The standard InChI is InChI=1S/C3H6S3.K.H/c1-2-6-3(4)5;;/h2H2,1H3,(H,4,5);;/q;+1;-1. The monoisotopic (exact) mass is 178 g/mol. The van der Waals surface area contributed by atoms with Crippen LogP contribution in [0.25, 0.3) is 0 Å². The zero-order valence-corrected chi connectivity index (χ0v) is 10.1. The quantitative estimate of drug-likeness (QED) is 0.313. The summed E-state index contributed by atoms with van der Waals surface area (Å²) in [7, 11) is 0. The molecule has 0 aromatic rings. The second-order valence-corrected chi connectivity index (χ2v) is 3.69. The predicted molar refractivity (Wildman–Crippen MR) is 40.8 cm³/mol. The first-order valence-electron chi connectivity index (χ1n) is 1.63. The Bertz CT molecular complexity index is 58.5. The van der Waals surface area contributed by atoms with E-state index in [1.54, 1.807) is 11.8 Å². The van der Waals surface area contributed by atoms with Crippen molar-refractivity contribution in [2.45, 2.75) is 6.92 Å². The van der Waals surface area contributed by atoms with Crippen LogP contribution in [-0.2, 0) is 0 Å². The van der Waals surface area contributed by atoms with Gasteiger partial charge in [0.05, 0.1) is 0 Å². The summed E-state index contributed by atoms with van der Waals surface area (Å²) in [4.78, 5) is 0. The van der Waals surface area contributed by atoms with Gasteiger partial charge in [0.1, 0.15) is 3.53 Å². The van der Waals surface area contributed by atoms with Crippen molar-refractivity contribution in [3.63, 3.8) is 0 Å². The van der Waals surface area contributed by atoms with Gasteiger partial charge >= 0.3 is 51.4 Å². The maximum absolute atomic E-state index is 4.62. The van der Waals surface area contributed by atoms with Gasteiger partial charge in [-0.2, -0.15) is 0 Å². The van der Waals surface area contributed by atoms with Crippen molar-refractivity contribution >= 4 is 40.1 Å². The average molecular weight is 178 g/mol. The van der Waals surface area contributed by atoms with E-state index in [1.165, 1.54) is 0 Å². The van der Waals surface area contributed by atoms with Gasteiger partial charge in [0, 0.05) is 0 Å². The third kappa shape index (κ3) is 11.8. The normalized spacial score (nSPS) is 7.14. The molecule has 38 valence electrons. The summed E-state index contributed by atoms with van der Waals surface area (Å²) >= 11 is 10.1. The van der Waals surface area contributed by atoms with Crippen LogP contribution >= 0.6 is 36.6 Å². The fraction of sp³-hybridized carbons (Fsp3) is 0.667. The van der Waals surface area contributed by atoms with E-state index >= 15 is 0 Å². The summed E-state index contributed by atoms with van der Waals surface area (Å²) < 4.78 is 0.734. The molecule has 4 heteroatoms. The van der Waals surface area contributed by atoms with Crippen LogP contribution < -0.4 is 51.4 Å². The van der Waals surface area contributed by atoms with Crippen molar-refractivity contribution in [1.82, 2.24) is 0 Å². The summed E-state index contributed by atoms with van der Waals surface area (Å²) in [6, 6.07) is 0. The molecule has 0 aliphatic heterocycles. The van der Waals surface area contributed by atoms with Gasteiger partial charge in [-0.1, -0.05) is 19.1 Å². The third-order valence-corrected chi connectivity index (χ3v) is 1.54. The Balaban J connectivity index is -0.000000125. The van der Waals surface area contributed by atoms with Crippen molar-refractivity contribution in [3.05, 3.63) is 0 Å². The maximum Gasteiger partial charge on any atom is 1.00 e. The summed E-state index contributed by atoms with van der Waals surface area (Å²) in [6.07, 6.45) is 0. The molecular formula is C3H7KS3. The number of hydrogen-bond donors (Lipinski definition) is 1. The summed E-state index contributed by atoms with van der Waals surface area (Å²) in [5, 5.41) is 0.